The number of hydrogen-bond donors (Lipinski definition) is 1. The summed E-state index contributed by atoms with van der Waals surface area (Å²) in [6.07, 6.45) is 3.16. The lowest BCUT2D eigenvalue weighted by molar-refractivity contribution is 0.0184. The maximum atomic E-state index is 12.6. The number of rotatable bonds is 8. The SMILES string of the molecule is CC(C)(C)OC(=O)N1CCC(Cc2ccc(C[C@@H](CCl)NS(=O)(=O)c3ccccc3)cc2)CC1. The fraction of sp³-hybridized carbons (Fsp3) is 0.500. The van der Waals surface area contributed by atoms with Crippen LogP contribution >= 0.6 is 11.6 Å². The summed E-state index contributed by atoms with van der Waals surface area (Å²) in [5.74, 6) is 0.710. The molecule has 0 spiro atoms. The lowest BCUT2D eigenvalue weighted by atomic mass is 9.90. The van der Waals surface area contributed by atoms with E-state index in [4.69, 9.17) is 16.3 Å². The first-order valence-electron chi connectivity index (χ1n) is 11.7. The van der Waals surface area contributed by atoms with Crippen LogP contribution in [0.3, 0.4) is 0 Å². The minimum absolute atomic E-state index is 0.185. The Hall–Kier alpha value is -2.09. The second-order valence-electron chi connectivity index (χ2n) is 9.92. The van der Waals surface area contributed by atoms with Gasteiger partial charge in [0.2, 0.25) is 10.0 Å². The number of nitrogens with one attached hydrogen (secondary N) is 1. The molecule has 6 nitrogen and oxygen atoms in total. The van der Waals surface area contributed by atoms with Gasteiger partial charge >= 0.3 is 6.09 Å². The van der Waals surface area contributed by atoms with E-state index < -0.39 is 21.7 Å². The van der Waals surface area contributed by atoms with Crippen molar-refractivity contribution in [3.8, 4) is 0 Å². The standard InChI is InChI=1S/C26H35ClN2O4S/c1-26(2,3)33-25(30)29-15-13-22(14-16-29)17-20-9-11-21(12-10-20)18-23(19-27)28-34(31,32)24-7-5-4-6-8-24/h4-12,22-23,28H,13-19H2,1-3H3/t23-/m0/s1. The maximum Gasteiger partial charge on any atom is 0.410 e. The molecular formula is C26H35ClN2O4S. The van der Waals surface area contributed by atoms with Crippen molar-refractivity contribution in [2.24, 2.45) is 5.92 Å². The molecule has 0 aliphatic carbocycles. The predicted molar refractivity (Wildman–Crippen MR) is 136 cm³/mol. The number of nitrogens with zero attached hydrogens (tertiary/aromatic N) is 1. The number of hydrogen-bond acceptors (Lipinski definition) is 4. The Morgan fingerprint density at radius 2 is 1.65 bits per heavy atom. The fourth-order valence-corrected chi connectivity index (χ4v) is 5.63. The molecule has 0 saturated carbocycles. The molecule has 1 atom stereocenters. The largest absolute Gasteiger partial charge is 0.444 e. The Morgan fingerprint density at radius 3 is 2.21 bits per heavy atom. The number of sulfonamides is 1. The maximum absolute atomic E-state index is 12.6. The zero-order valence-electron chi connectivity index (χ0n) is 20.2. The third-order valence-electron chi connectivity index (χ3n) is 5.86. The molecule has 1 heterocycles. The van der Waals surface area contributed by atoms with E-state index in [0.29, 0.717) is 12.3 Å². The van der Waals surface area contributed by atoms with Crippen molar-refractivity contribution in [1.29, 1.82) is 0 Å². The quantitative estimate of drug-likeness (QED) is 0.511. The normalized spacial score (nSPS) is 16.3. The van der Waals surface area contributed by atoms with E-state index in [1.54, 1.807) is 35.2 Å². The zero-order valence-corrected chi connectivity index (χ0v) is 21.7. The van der Waals surface area contributed by atoms with E-state index in [1.165, 1.54) is 5.56 Å². The van der Waals surface area contributed by atoms with Crippen LogP contribution in [0.2, 0.25) is 0 Å². The van der Waals surface area contributed by atoms with Crippen LogP contribution in [-0.4, -0.2) is 50.0 Å². The van der Waals surface area contributed by atoms with E-state index in [9.17, 15) is 13.2 Å². The van der Waals surface area contributed by atoms with Crippen molar-refractivity contribution in [3.63, 3.8) is 0 Å². The number of carbonyl (C=O) groups excluding carboxylic acids is 1. The lowest BCUT2D eigenvalue weighted by Gasteiger charge is -2.33. The molecule has 186 valence electrons. The molecule has 8 heteroatoms. The first-order chi connectivity index (χ1) is 16.1. The number of ether oxygens (including phenoxy) is 1. The molecule has 34 heavy (non-hydrogen) atoms. The van der Waals surface area contributed by atoms with Crippen molar-refractivity contribution in [3.05, 3.63) is 65.7 Å². The monoisotopic (exact) mass is 506 g/mol. The Bertz CT molecular complexity index is 1030. The first kappa shape index (κ1) is 26.5. The molecule has 0 bridgehead atoms. The topological polar surface area (TPSA) is 75.7 Å². The van der Waals surface area contributed by atoms with Crippen LogP contribution in [0.25, 0.3) is 0 Å². The summed E-state index contributed by atoms with van der Waals surface area (Å²) >= 11 is 6.08. The highest BCUT2D eigenvalue weighted by atomic mass is 35.5. The molecule has 1 aliphatic rings. The molecule has 0 unspecified atom stereocenters. The number of alkyl halides is 1. The van der Waals surface area contributed by atoms with Gasteiger partial charge in [0.25, 0.3) is 0 Å². The number of halogens is 1. The smallest absolute Gasteiger partial charge is 0.410 e. The minimum Gasteiger partial charge on any atom is -0.444 e. The van der Waals surface area contributed by atoms with E-state index in [2.05, 4.69) is 16.9 Å². The molecule has 3 rings (SSSR count). The highest BCUT2D eigenvalue weighted by Gasteiger charge is 2.27. The number of amides is 1. The summed E-state index contributed by atoms with van der Waals surface area (Å²) in [4.78, 5) is 14.3. The number of piperidine rings is 1. The van der Waals surface area contributed by atoms with Gasteiger partial charge in [-0.25, -0.2) is 17.9 Å². The number of carbonyl (C=O) groups is 1. The zero-order chi connectivity index (χ0) is 24.8. The predicted octanol–water partition coefficient (Wildman–Crippen LogP) is 5.00. The van der Waals surface area contributed by atoms with Gasteiger partial charge in [-0.3, -0.25) is 0 Å². The van der Waals surface area contributed by atoms with Gasteiger partial charge in [-0.05, 0) is 75.6 Å². The molecule has 1 N–H and O–H groups in total. The van der Waals surface area contributed by atoms with Gasteiger partial charge in [0.05, 0.1) is 4.90 Å². The number of likely N-dealkylation sites (tertiary alicyclic amines) is 1. The molecule has 1 saturated heterocycles. The summed E-state index contributed by atoms with van der Waals surface area (Å²) in [5, 5.41) is 0. The Morgan fingerprint density at radius 1 is 1.06 bits per heavy atom. The van der Waals surface area contributed by atoms with Crippen molar-refractivity contribution in [1.82, 2.24) is 9.62 Å². The Balaban J connectivity index is 1.50. The molecular weight excluding hydrogens is 472 g/mol. The van der Waals surface area contributed by atoms with Gasteiger partial charge in [-0.15, -0.1) is 11.6 Å². The van der Waals surface area contributed by atoms with Gasteiger partial charge in [-0.2, -0.15) is 0 Å². The average molecular weight is 507 g/mol. The summed E-state index contributed by atoms with van der Waals surface area (Å²) in [6.45, 7) is 7.09. The van der Waals surface area contributed by atoms with Crippen LogP contribution in [0.4, 0.5) is 4.79 Å². The van der Waals surface area contributed by atoms with Gasteiger partial charge < -0.3 is 9.64 Å². The Labute approximate surface area is 208 Å². The third-order valence-corrected chi connectivity index (χ3v) is 7.77. The van der Waals surface area contributed by atoms with Crippen LogP contribution in [0.1, 0.15) is 44.7 Å². The van der Waals surface area contributed by atoms with Gasteiger partial charge in [0.1, 0.15) is 5.60 Å². The van der Waals surface area contributed by atoms with E-state index in [1.807, 2.05) is 32.9 Å². The summed E-state index contributed by atoms with van der Waals surface area (Å²) < 4.78 is 33.4. The average Bonchev–Trinajstić information content (AvgIpc) is 2.79. The lowest BCUT2D eigenvalue weighted by Crippen LogP contribution is -2.42. The molecule has 2 aromatic carbocycles. The molecule has 0 aromatic heterocycles. The van der Waals surface area contributed by atoms with Gasteiger partial charge in [0, 0.05) is 25.0 Å². The first-order valence-corrected chi connectivity index (χ1v) is 13.8. The number of benzene rings is 2. The van der Waals surface area contributed by atoms with Crippen molar-refractivity contribution in [2.45, 2.75) is 63.0 Å². The molecule has 1 amide bonds. The van der Waals surface area contributed by atoms with Crippen molar-refractivity contribution >= 4 is 27.7 Å². The van der Waals surface area contributed by atoms with Crippen LogP contribution in [0, 0.1) is 5.92 Å². The van der Waals surface area contributed by atoms with E-state index in [0.717, 1.165) is 37.9 Å². The van der Waals surface area contributed by atoms with Crippen LogP contribution < -0.4 is 4.72 Å². The third kappa shape index (κ3) is 8.00. The second kappa shape index (κ2) is 11.6. The fourth-order valence-electron chi connectivity index (χ4n) is 4.09. The van der Waals surface area contributed by atoms with Crippen molar-refractivity contribution < 1.29 is 17.9 Å². The van der Waals surface area contributed by atoms with Crippen LogP contribution in [0.5, 0.6) is 0 Å². The minimum atomic E-state index is -3.61. The highest BCUT2D eigenvalue weighted by Crippen LogP contribution is 2.23. The summed E-state index contributed by atoms with van der Waals surface area (Å²) in [6, 6.07) is 16.2. The second-order valence-corrected chi connectivity index (χ2v) is 11.9. The van der Waals surface area contributed by atoms with Gasteiger partial charge in [0.15, 0.2) is 0 Å². The molecule has 0 radical (unpaired) electrons. The Kier molecular flexibility index (Phi) is 9.01. The van der Waals surface area contributed by atoms with Crippen LogP contribution in [-0.2, 0) is 27.6 Å². The molecule has 2 aromatic rings. The van der Waals surface area contributed by atoms with Crippen molar-refractivity contribution in [2.75, 3.05) is 19.0 Å². The van der Waals surface area contributed by atoms with E-state index >= 15 is 0 Å². The van der Waals surface area contributed by atoms with E-state index in [-0.39, 0.29) is 16.9 Å². The highest BCUT2D eigenvalue weighted by molar-refractivity contribution is 7.89. The summed E-state index contributed by atoms with van der Waals surface area (Å²) in [7, 11) is -3.61. The molecule has 1 fully saturated rings. The summed E-state index contributed by atoms with van der Waals surface area (Å²) in [5.41, 5.74) is 1.80. The van der Waals surface area contributed by atoms with Gasteiger partial charge in [-0.1, -0.05) is 42.5 Å². The van der Waals surface area contributed by atoms with Crippen LogP contribution in [0.15, 0.2) is 59.5 Å². The molecule has 1 aliphatic heterocycles.